The first-order valence-electron chi connectivity index (χ1n) is 7.24. The number of hydrogen-bond donors (Lipinski definition) is 2. The Morgan fingerprint density at radius 2 is 2.25 bits per heavy atom. The van der Waals surface area contributed by atoms with E-state index in [0.29, 0.717) is 29.6 Å². The van der Waals surface area contributed by atoms with Gasteiger partial charge in [0.25, 0.3) is 0 Å². The van der Waals surface area contributed by atoms with Crippen LogP contribution in [0, 0.1) is 0 Å². The first-order valence-corrected chi connectivity index (χ1v) is 9.51. The monoisotopic (exact) mass is 377 g/mol. The van der Waals surface area contributed by atoms with Gasteiger partial charge in [0.15, 0.2) is 5.75 Å². The van der Waals surface area contributed by atoms with Gasteiger partial charge < -0.3 is 19.7 Å². The average molecular weight is 378 g/mol. The number of hydrogen-bond acceptors (Lipinski definition) is 5. The number of methoxy groups -OCH3 is 1. The summed E-state index contributed by atoms with van der Waals surface area (Å²) in [6.07, 6.45) is 1.07. The van der Waals surface area contributed by atoms with Gasteiger partial charge in [-0.3, -0.25) is 0 Å². The summed E-state index contributed by atoms with van der Waals surface area (Å²) in [5.74, 6) is 0.367. The summed E-state index contributed by atoms with van der Waals surface area (Å²) >= 11 is 6.04. The molecule has 2 amide bonds. The van der Waals surface area contributed by atoms with Crippen LogP contribution in [-0.2, 0) is 14.8 Å². The molecular weight excluding hydrogens is 358 g/mol. The minimum atomic E-state index is -3.35. The Morgan fingerprint density at radius 1 is 1.50 bits per heavy atom. The van der Waals surface area contributed by atoms with Crippen molar-refractivity contribution in [3.63, 3.8) is 0 Å². The average Bonchev–Trinajstić information content (AvgIpc) is 2.53. The molecule has 1 aromatic rings. The van der Waals surface area contributed by atoms with Crippen LogP contribution >= 0.6 is 11.6 Å². The van der Waals surface area contributed by atoms with E-state index in [1.54, 1.807) is 18.2 Å². The number of para-hydroxylation sites is 1. The SMILES string of the molecule is COc1c(Cl)cccc1NC(=O)N1CCOCC1CNS(C)(=O)=O. The number of ether oxygens (including phenoxy) is 2. The summed E-state index contributed by atoms with van der Waals surface area (Å²) < 4.78 is 35.5. The number of carbonyl (C=O) groups excluding carboxylic acids is 1. The molecule has 134 valence electrons. The summed E-state index contributed by atoms with van der Waals surface area (Å²) in [6.45, 7) is 1.07. The van der Waals surface area contributed by atoms with E-state index < -0.39 is 16.1 Å². The van der Waals surface area contributed by atoms with Crippen molar-refractivity contribution in [1.82, 2.24) is 9.62 Å². The van der Waals surface area contributed by atoms with E-state index in [9.17, 15) is 13.2 Å². The lowest BCUT2D eigenvalue weighted by Crippen LogP contribution is -2.54. The maximum absolute atomic E-state index is 12.6. The highest BCUT2D eigenvalue weighted by molar-refractivity contribution is 7.88. The molecule has 0 bridgehead atoms. The number of urea groups is 1. The van der Waals surface area contributed by atoms with Crippen LogP contribution in [-0.4, -0.2) is 65.1 Å². The maximum Gasteiger partial charge on any atom is 0.322 e. The maximum atomic E-state index is 12.6. The summed E-state index contributed by atoms with van der Waals surface area (Å²) in [7, 11) is -1.89. The smallest absolute Gasteiger partial charge is 0.322 e. The minimum absolute atomic E-state index is 0.0823. The number of halogens is 1. The van der Waals surface area contributed by atoms with E-state index in [1.165, 1.54) is 12.0 Å². The minimum Gasteiger partial charge on any atom is -0.493 e. The number of nitrogens with zero attached hydrogens (tertiary/aromatic N) is 1. The highest BCUT2D eigenvalue weighted by Gasteiger charge is 2.28. The predicted molar refractivity (Wildman–Crippen MR) is 91.2 cm³/mol. The van der Waals surface area contributed by atoms with Crippen LogP contribution in [0.5, 0.6) is 5.75 Å². The van der Waals surface area contributed by atoms with Gasteiger partial charge in [0.2, 0.25) is 10.0 Å². The third kappa shape index (κ3) is 4.97. The Hall–Kier alpha value is -1.55. The van der Waals surface area contributed by atoms with E-state index >= 15 is 0 Å². The van der Waals surface area contributed by atoms with Crippen molar-refractivity contribution >= 4 is 33.3 Å². The van der Waals surface area contributed by atoms with E-state index in [0.717, 1.165) is 6.26 Å². The van der Waals surface area contributed by atoms with E-state index in [4.69, 9.17) is 21.1 Å². The highest BCUT2D eigenvalue weighted by atomic mass is 35.5. The summed E-state index contributed by atoms with van der Waals surface area (Å²) in [5.41, 5.74) is 0.441. The van der Waals surface area contributed by atoms with Crippen LogP contribution in [0.3, 0.4) is 0 Å². The first kappa shape index (κ1) is 18.8. The molecule has 1 aromatic carbocycles. The molecule has 1 unspecified atom stereocenters. The van der Waals surface area contributed by atoms with Crippen molar-refractivity contribution in [2.45, 2.75) is 6.04 Å². The Balaban J connectivity index is 2.10. The lowest BCUT2D eigenvalue weighted by molar-refractivity contribution is 0.0176. The molecular formula is C14H20ClN3O5S. The quantitative estimate of drug-likeness (QED) is 0.801. The molecule has 0 saturated carbocycles. The fraction of sp³-hybridized carbons (Fsp3) is 0.500. The number of benzene rings is 1. The van der Waals surface area contributed by atoms with Crippen LogP contribution in [0.15, 0.2) is 18.2 Å². The third-order valence-electron chi connectivity index (χ3n) is 3.48. The van der Waals surface area contributed by atoms with Crippen LogP contribution in [0.25, 0.3) is 0 Å². The molecule has 2 rings (SSSR count). The summed E-state index contributed by atoms with van der Waals surface area (Å²) in [6, 6.07) is 4.25. The fourth-order valence-corrected chi connectivity index (χ4v) is 3.09. The number of anilines is 1. The molecule has 0 aliphatic carbocycles. The first-order chi connectivity index (χ1) is 11.3. The predicted octanol–water partition coefficient (Wildman–Crippen LogP) is 1.13. The Morgan fingerprint density at radius 3 is 2.92 bits per heavy atom. The van der Waals surface area contributed by atoms with Gasteiger partial charge in [0.05, 0.1) is 43.3 Å². The Labute approximate surface area is 146 Å². The van der Waals surface area contributed by atoms with Gasteiger partial charge in [-0.2, -0.15) is 0 Å². The lowest BCUT2D eigenvalue weighted by Gasteiger charge is -2.35. The van der Waals surface area contributed by atoms with Gasteiger partial charge in [0, 0.05) is 13.1 Å². The number of sulfonamides is 1. The topological polar surface area (TPSA) is 97.0 Å². The molecule has 1 fully saturated rings. The zero-order valence-corrected chi connectivity index (χ0v) is 15.0. The van der Waals surface area contributed by atoms with Gasteiger partial charge in [-0.15, -0.1) is 0 Å². The van der Waals surface area contributed by atoms with Crippen molar-refractivity contribution in [3.05, 3.63) is 23.2 Å². The molecule has 10 heteroatoms. The largest absolute Gasteiger partial charge is 0.493 e. The van der Waals surface area contributed by atoms with Gasteiger partial charge >= 0.3 is 6.03 Å². The normalized spacial score (nSPS) is 18.3. The van der Waals surface area contributed by atoms with E-state index in [2.05, 4.69) is 10.0 Å². The highest BCUT2D eigenvalue weighted by Crippen LogP contribution is 2.32. The van der Waals surface area contributed by atoms with Crippen molar-refractivity contribution < 1.29 is 22.7 Å². The Kier molecular flexibility index (Phi) is 6.27. The van der Waals surface area contributed by atoms with Crippen LogP contribution < -0.4 is 14.8 Å². The van der Waals surface area contributed by atoms with Crippen molar-refractivity contribution in [3.8, 4) is 5.75 Å². The molecule has 0 radical (unpaired) electrons. The molecule has 1 heterocycles. The lowest BCUT2D eigenvalue weighted by atomic mass is 10.2. The molecule has 0 aromatic heterocycles. The van der Waals surface area contributed by atoms with Crippen LogP contribution in [0.4, 0.5) is 10.5 Å². The number of morpholine rings is 1. The fourth-order valence-electron chi connectivity index (χ4n) is 2.34. The van der Waals surface area contributed by atoms with Gasteiger partial charge in [0.1, 0.15) is 0 Å². The number of nitrogens with one attached hydrogen (secondary N) is 2. The van der Waals surface area contributed by atoms with Crippen LogP contribution in [0.1, 0.15) is 0 Å². The molecule has 2 N–H and O–H groups in total. The second kappa shape index (κ2) is 8.02. The molecule has 24 heavy (non-hydrogen) atoms. The second-order valence-electron chi connectivity index (χ2n) is 5.29. The van der Waals surface area contributed by atoms with E-state index in [1.807, 2.05) is 0 Å². The second-order valence-corrected chi connectivity index (χ2v) is 7.53. The molecule has 1 saturated heterocycles. The van der Waals surface area contributed by atoms with E-state index in [-0.39, 0.29) is 19.2 Å². The molecule has 8 nitrogen and oxygen atoms in total. The van der Waals surface area contributed by atoms with Crippen LogP contribution in [0.2, 0.25) is 5.02 Å². The van der Waals surface area contributed by atoms with Crippen molar-refractivity contribution in [2.24, 2.45) is 0 Å². The molecule has 1 atom stereocenters. The molecule has 1 aliphatic heterocycles. The number of amides is 2. The molecule has 1 aliphatic rings. The molecule has 0 spiro atoms. The third-order valence-corrected chi connectivity index (χ3v) is 4.47. The number of carbonyl (C=O) groups is 1. The summed E-state index contributed by atoms with van der Waals surface area (Å²) in [4.78, 5) is 14.1. The zero-order chi connectivity index (χ0) is 17.7. The van der Waals surface area contributed by atoms with Gasteiger partial charge in [-0.1, -0.05) is 17.7 Å². The Bertz CT molecular complexity index is 698. The van der Waals surface area contributed by atoms with Crippen molar-refractivity contribution in [1.29, 1.82) is 0 Å². The zero-order valence-electron chi connectivity index (χ0n) is 13.4. The van der Waals surface area contributed by atoms with Gasteiger partial charge in [-0.25, -0.2) is 17.9 Å². The van der Waals surface area contributed by atoms with Crippen molar-refractivity contribution in [2.75, 3.05) is 45.0 Å². The van der Waals surface area contributed by atoms with Gasteiger partial charge in [-0.05, 0) is 12.1 Å². The summed E-state index contributed by atoms with van der Waals surface area (Å²) in [5, 5.41) is 3.13. The standard InChI is InChI=1S/C14H20ClN3O5S/c1-22-13-11(15)4-3-5-12(13)17-14(19)18-6-7-23-9-10(18)8-16-24(2,20)21/h3-5,10,16H,6-9H2,1-2H3,(H,17,19). The number of rotatable bonds is 5.